The molecule has 1 aromatic heterocycles. The van der Waals surface area contributed by atoms with Gasteiger partial charge in [-0.25, -0.2) is 0 Å². The van der Waals surface area contributed by atoms with E-state index in [9.17, 15) is 14.7 Å². The van der Waals surface area contributed by atoms with Crippen LogP contribution in [0.15, 0.2) is 30.5 Å². The molecule has 1 aliphatic carbocycles. The van der Waals surface area contributed by atoms with Gasteiger partial charge in [-0.1, -0.05) is 18.2 Å². The number of aliphatic hydroxyl groups is 1. The second kappa shape index (κ2) is 5.81. The fourth-order valence-electron chi connectivity index (χ4n) is 2.50. The minimum atomic E-state index is -0.858. The normalized spacial score (nSPS) is 15.5. The Morgan fingerprint density at radius 1 is 1.32 bits per heavy atom. The summed E-state index contributed by atoms with van der Waals surface area (Å²) in [6.07, 6.45) is 2.84. The molecule has 0 radical (unpaired) electrons. The van der Waals surface area contributed by atoms with Crippen LogP contribution in [0, 0.1) is 0 Å². The van der Waals surface area contributed by atoms with Crippen LogP contribution in [0.1, 0.15) is 24.5 Å². The standard InChI is InChI=1S/C16H19N3O3/c1-19-9-12(11-4-2-3-5-13(11)19)14(20)8-17-15(21)16(22)18-10-6-7-10/h2-5,9-10,14,20H,6-8H2,1H3,(H,17,21)(H,18,22). The van der Waals surface area contributed by atoms with Gasteiger partial charge in [0.2, 0.25) is 0 Å². The molecule has 1 saturated carbocycles. The molecule has 116 valence electrons. The van der Waals surface area contributed by atoms with E-state index in [1.807, 2.05) is 42.1 Å². The molecule has 0 saturated heterocycles. The van der Waals surface area contributed by atoms with E-state index >= 15 is 0 Å². The first-order valence-electron chi connectivity index (χ1n) is 7.37. The third kappa shape index (κ3) is 2.96. The van der Waals surface area contributed by atoms with Crippen LogP contribution in [-0.4, -0.2) is 34.1 Å². The van der Waals surface area contributed by atoms with Crippen LogP contribution in [0.2, 0.25) is 0 Å². The van der Waals surface area contributed by atoms with Crippen molar-refractivity contribution in [2.75, 3.05) is 6.54 Å². The zero-order valence-corrected chi connectivity index (χ0v) is 12.4. The van der Waals surface area contributed by atoms with E-state index in [1.165, 1.54) is 0 Å². The van der Waals surface area contributed by atoms with Gasteiger partial charge in [-0.05, 0) is 18.9 Å². The number of carbonyl (C=O) groups excluding carboxylic acids is 2. The van der Waals surface area contributed by atoms with Crippen LogP contribution in [0.25, 0.3) is 10.9 Å². The summed E-state index contributed by atoms with van der Waals surface area (Å²) in [4.78, 5) is 23.2. The number of hydrogen-bond donors (Lipinski definition) is 3. The highest BCUT2D eigenvalue weighted by atomic mass is 16.3. The molecular formula is C16H19N3O3. The summed E-state index contributed by atoms with van der Waals surface area (Å²) >= 11 is 0. The number of nitrogens with one attached hydrogen (secondary N) is 2. The summed E-state index contributed by atoms with van der Waals surface area (Å²) in [6, 6.07) is 7.87. The lowest BCUT2D eigenvalue weighted by Crippen LogP contribution is -2.42. The van der Waals surface area contributed by atoms with Gasteiger partial charge in [0, 0.05) is 42.3 Å². The molecule has 0 spiro atoms. The number of aromatic nitrogens is 1. The number of nitrogens with zero attached hydrogens (tertiary/aromatic N) is 1. The topological polar surface area (TPSA) is 83.4 Å². The van der Waals surface area contributed by atoms with Crippen LogP contribution in [0.4, 0.5) is 0 Å². The Morgan fingerprint density at radius 2 is 2.05 bits per heavy atom. The van der Waals surface area contributed by atoms with Crippen molar-refractivity contribution < 1.29 is 14.7 Å². The molecule has 6 heteroatoms. The number of aryl methyl sites for hydroxylation is 1. The summed E-state index contributed by atoms with van der Waals surface area (Å²) in [5.74, 6) is -1.33. The minimum absolute atomic E-state index is 0.00489. The molecule has 1 unspecified atom stereocenters. The zero-order valence-electron chi connectivity index (χ0n) is 12.4. The summed E-state index contributed by atoms with van der Waals surface area (Å²) in [7, 11) is 1.90. The van der Waals surface area contributed by atoms with Gasteiger partial charge in [0.05, 0.1) is 6.10 Å². The number of fused-ring (bicyclic) bond motifs is 1. The second-order valence-electron chi connectivity index (χ2n) is 5.69. The van der Waals surface area contributed by atoms with Gasteiger partial charge >= 0.3 is 11.8 Å². The highest BCUT2D eigenvalue weighted by Gasteiger charge is 2.26. The van der Waals surface area contributed by atoms with Gasteiger partial charge in [0.15, 0.2) is 0 Å². The Kier molecular flexibility index (Phi) is 3.85. The van der Waals surface area contributed by atoms with Crippen molar-refractivity contribution in [3.63, 3.8) is 0 Å². The van der Waals surface area contributed by atoms with Crippen molar-refractivity contribution >= 4 is 22.7 Å². The molecule has 6 nitrogen and oxygen atoms in total. The first-order valence-corrected chi connectivity index (χ1v) is 7.37. The summed E-state index contributed by atoms with van der Waals surface area (Å²) in [5.41, 5.74) is 1.75. The monoisotopic (exact) mass is 301 g/mol. The smallest absolute Gasteiger partial charge is 0.309 e. The average Bonchev–Trinajstić information content (AvgIpc) is 3.27. The summed E-state index contributed by atoms with van der Waals surface area (Å²) < 4.78 is 1.93. The Bertz CT molecular complexity index is 718. The maximum absolute atomic E-state index is 11.7. The Labute approximate surface area is 128 Å². The molecule has 1 fully saturated rings. The number of hydrogen-bond acceptors (Lipinski definition) is 3. The molecular weight excluding hydrogens is 282 g/mol. The lowest BCUT2D eigenvalue weighted by Gasteiger charge is -2.11. The summed E-state index contributed by atoms with van der Waals surface area (Å²) in [5, 5.41) is 16.3. The lowest BCUT2D eigenvalue weighted by molar-refractivity contribution is -0.139. The maximum atomic E-state index is 11.7. The SMILES string of the molecule is Cn1cc(C(O)CNC(=O)C(=O)NC2CC2)c2ccccc21. The Hall–Kier alpha value is -2.34. The molecule has 22 heavy (non-hydrogen) atoms. The van der Waals surface area contributed by atoms with Crippen LogP contribution < -0.4 is 10.6 Å². The first kappa shape index (κ1) is 14.6. The quantitative estimate of drug-likeness (QED) is 0.723. The first-order chi connectivity index (χ1) is 10.6. The fourth-order valence-corrected chi connectivity index (χ4v) is 2.50. The average molecular weight is 301 g/mol. The van der Waals surface area contributed by atoms with Gasteiger partial charge in [-0.3, -0.25) is 9.59 Å². The maximum Gasteiger partial charge on any atom is 0.309 e. The van der Waals surface area contributed by atoms with Crippen LogP contribution in [-0.2, 0) is 16.6 Å². The lowest BCUT2D eigenvalue weighted by atomic mass is 10.1. The number of amides is 2. The Morgan fingerprint density at radius 3 is 2.77 bits per heavy atom. The van der Waals surface area contributed by atoms with Crippen LogP contribution >= 0.6 is 0 Å². The molecule has 0 aliphatic heterocycles. The van der Waals surface area contributed by atoms with Crippen LogP contribution in [0.3, 0.4) is 0 Å². The third-order valence-electron chi connectivity index (χ3n) is 3.86. The molecule has 1 aromatic carbocycles. The van der Waals surface area contributed by atoms with E-state index in [4.69, 9.17) is 0 Å². The van der Waals surface area contributed by atoms with Crippen LogP contribution in [0.5, 0.6) is 0 Å². The highest BCUT2D eigenvalue weighted by Crippen LogP contribution is 2.25. The molecule has 3 N–H and O–H groups in total. The molecule has 1 atom stereocenters. The van der Waals surface area contributed by atoms with Gasteiger partial charge in [0.1, 0.15) is 0 Å². The number of benzene rings is 1. The molecule has 1 heterocycles. The predicted molar refractivity (Wildman–Crippen MR) is 82.1 cm³/mol. The molecule has 3 rings (SSSR count). The molecule has 2 aromatic rings. The number of para-hydroxylation sites is 1. The predicted octanol–water partition coefficient (Wildman–Crippen LogP) is 0.607. The van der Waals surface area contributed by atoms with E-state index < -0.39 is 17.9 Å². The van der Waals surface area contributed by atoms with Gasteiger partial charge in [-0.2, -0.15) is 0 Å². The van der Waals surface area contributed by atoms with E-state index in [-0.39, 0.29) is 12.6 Å². The van der Waals surface area contributed by atoms with Gasteiger partial charge in [0.25, 0.3) is 0 Å². The van der Waals surface area contributed by atoms with E-state index in [0.29, 0.717) is 0 Å². The van der Waals surface area contributed by atoms with E-state index in [0.717, 1.165) is 29.3 Å². The largest absolute Gasteiger partial charge is 0.386 e. The minimum Gasteiger partial charge on any atom is -0.386 e. The van der Waals surface area contributed by atoms with Gasteiger partial charge in [-0.15, -0.1) is 0 Å². The van der Waals surface area contributed by atoms with E-state index in [2.05, 4.69) is 10.6 Å². The van der Waals surface area contributed by atoms with Crippen molar-refractivity contribution in [3.8, 4) is 0 Å². The highest BCUT2D eigenvalue weighted by molar-refractivity contribution is 6.35. The van der Waals surface area contributed by atoms with Crippen molar-refractivity contribution in [1.29, 1.82) is 0 Å². The van der Waals surface area contributed by atoms with Crippen molar-refractivity contribution in [2.45, 2.75) is 25.0 Å². The molecule has 1 aliphatic rings. The second-order valence-corrected chi connectivity index (χ2v) is 5.69. The van der Waals surface area contributed by atoms with Crippen molar-refractivity contribution in [2.24, 2.45) is 7.05 Å². The fraction of sp³-hybridized carbons (Fsp3) is 0.375. The Balaban J connectivity index is 1.64. The number of carbonyl (C=O) groups is 2. The zero-order chi connectivity index (χ0) is 15.7. The van der Waals surface area contributed by atoms with Crippen molar-refractivity contribution in [1.82, 2.24) is 15.2 Å². The number of aliphatic hydroxyl groups excluding tert-OH is 1. The van der Waals surface area contributed by atoms with Gasteiger partial charge < -0.3 is 20.3 Å². The van der Waals surface area contributed by atoms with E-state index in [1.54, 1.807) is 0 Å². The number of rotatable bonds is 4. The third-order valence-corrected chi connectivity index (χ3v) is 3.86. The van der Waals surface area contributed by atoms with Crippen molar-refractivity contribution in [3.05, 3.63) is 36.0 Å². The molecule has 0 bridgehead atoms. The molecule has 2 amide bonds. The summed E-state index contributed by atoms with van der Waals surface area (Å²) in [6.45, 7) is 0.00489.